The number of hydrogen-bond acceptors (Lipinski definition) is 3. The van der Waals surface area contributed by atoms with E-state index in [0.29, 0.717) is 6.61 Å². The van der Waals surface area contributed by atoms with Gasteiger partial charge < -0.3 is 15.0 Å². The highest BCUT2D eigenvalue weighted by atomic mass is 79.9. The van der Waals surface area contributed by atoms with Gasteiger partial charge in [-0.05, 0) is 50.8 Å². The normalized spacial score (nSPS) is 17.0. The monoisotopic (exact) mass is 366 g/mol. The summed E-state index contributed by atoms with van der Waals surface area (Å²) < 4.78 is 7.23. The molecule has 0 aliphatic heterocycles. The van der Waals surface area contributed by atoms with Crippen molar-refractivity contribution in [3.63, 3.8) is 0 Å². The first-order chi connectivity index (χ1) is 10.1. The molecule has 1 heterocycles. The highest BCUT2D eigenvalue weighted by Gasteiger charge is 2.24. The smallest absolute Gasteiger partial charge is 0.325 e. The molecule has 1 aromatic heterocycles. The van der Waals surface area contributed by atoms with Crippen molar-refractivity contribution < 1.29 is 9.53 Å². The molecule has 1 aliphatic carbocycles. The number of aromatic nitrogens is 1. The van der Waals surface area contributed by atoms with Gasteiger partial charge >= 0.3 is 5.97 Å². The standard InChI is InChI=1S/C17H22N2O2.BrH/c1-3-21-17(20)10-19-15-6-4-11(2)8-13(15)14-9-12(18)5-7-16(14)19;/h4,6,8,12H,3,5,7,9-10,18H2,1-2H3;1H. The first-order valence-electron chi connectivity index (χ1n) is 7.62. The average molecular weight is 367 g/mol. The van der Waals surface area contributed by atoms with Gasteiger partial charge in [-0.15, -0.1) is 17.0 Å². The minimum absolute atomic E-state index is 0. The number of halogens is 1. The third-order valence-electron chi connectivity index (χ3n) is 4.25. The molecule has 1 unspecified atom stereocenters. The Hall–Kier alpha value is -1.33. The molecular weight excluding hydrogens is 344 g/mol. The van der Waals surface area contributed by atoms with Gasteiger partial charge in [-0.25, -0.2) is 0 Å². The lowest BCUT2D eigenvalue weighted by Crippen LogP contribution is -2.28. The van der Waals surface area contributed by atoms with Crippen LogP contribution in [0.25, 0.3) is 10.9 Å². The Kier molecular flexibility index (Phi) is 5.29. The molecule has 2 aromatic rings. The topological polar surface area (TPSA) is 57.2 Å². The van der Waals surface area contributed by atoms with Gasteiger partial charge in [0.25, 0.3) is 0 Å². The summed E-state index contributed by atoms with van der Waals surface area (Å²) in [5.74, 6) is -0.173. The number of carbonyl (C=O) groups is 1. The largest absolute Gasteiger partial charge is 0.465 e. The summed E-state index contributed by atoms with van der Waals surface area (Å²) in [5, 5.41) is 1.24. The predicted molar refractivity (Wildman–Crippen MR) is 93.6 cm³/mol. The van der Waals surface area contributed by atoms with Gasteiger partial charge in [-0.2, -0.15) is 0 Å². The van der Waals surface area contributed by atoms with Crippen molar-refractivity contribution in [2.45, 2.75) is 45.7 Å². The minimum Gasteiger partial charge on any atom is -0.465 e. The summed E-state index contributed by atoms with van der Waals surface area (Å²) in [6.45, 7) is 4.64. The van der Waals surface area contributed by atoms with Crippen LogP contribution >= 0.6 is 17.0 Å². The number of benzene rings is 1. The molecular formula is C17H23BrN2O2. The van der Waals surface area contributed by atoms with Crippen molar-refractivity contribution in [1.29, 1.82) is 0 Å². The fraction of sp³-hybridized carbons (Fsp3) is 0.471. The number of carbonyl (C=O) groups excluding carboxylic acids is 1. The molecule has 5 heteroatoms. The summed E-state index contributed by atoms with van der Waals surface area (Å²) in [6, 6.07) is 6.62. The van der Waals surface area contributed by atoms with Crippen LogP contribution in [0.2, 0.25) is 0 Å². The zero-order valence-corrected chi connectivity index (χ0v) is 14.8. The van der Waals surface area contributed by atoms with Crippen molar-refractivity contribution in [3.05, 3.63) is 35.0 Å². The van der Waals surface area contributed by atoms with E-state index in [-0.39, 0.29) is 35.5 Å². The van der Waals surface area contributed by atoms with E-state index in [0.717, 1.165) is 24.8 Å². The molecule has 0 bridgehead atoms. The molecule has 1 atom stereocenters. The SMILES string of the molecule is Br.CCOC(=O)Cn1c2c(c3cc(C)ccc31)CC(N)CC2. The van der Waals surface area contributed by atoms with E-state index in [4.69, 9.17) is 10.5 Å². The minimum atomic E-state index is -0.173. The lowest BCUT2D eigenvalue weighted by molar-refractivity contribution is -0.143. The van der Waals surface area contributed by atoms with Gasteiger partial charge in [0.2, 0.25) is 0 Å². The molecule has 22 heavy (non-hydrogen) atoms. The number of esters is 1. The lowest BCUT2D eigenvalue weighted by Gasteiger charge is -2.20. The van der Waals surface area contributed by atoms with Crippen LogP contribution < -0.4 is 5.73 Å². The van der Waals surface area contributed by atoms with Crippen LogP contribution in [0, 0.1) is 6.92 Å². The third-order valence-corrected chi connectivity index (χ3v) is 4.25. The number of aryl methyl sites for hydroxylation is 1. The molecule has 1 aromatic carbocycles. The van der Waals surface area contributed by atoms with E-state index < -0.39 is 0 Å². The van der Waals surface area contributed by atoms with Crippen molar-refractivity contribution >= 4 is 33.9 Å². The van der Waals surface area contributed by atoms with Crippen molar-refractivity contribution in [2.24, 2.45) is 5.73 Å². The van der Waals surface area contributed by atoms with Crippen LogP contribution in [0.4, 0.5) is 0 Å². The zero-order chi connectivity index (χ0) is 15.0. The lowest BCUT2D eigenvalue weighted by atomic mass is 9.92. The molecule has 0 fully saturated rings. The van der Waals surface area contributed by atoms with Crippen LogP contribution in [-0.4, -0.2) is 23.2 Å². The zero-order valence-electron chi connectivity index (χ0n) is 13.1. The molecule has 120 valence electrons. The maximum atomic E-state index is 11.9. The molecule has 2 N–H and O–H groups in total. The molecule has 0 radical (unpaired) electrons. The molecule has 0 saturated carbocycles. The van der Waals surface area contributed by atoms with E-state index in [1.54, 1.807) is 0 Å². The fourth-order valence-corrected chi connectivity index (χ4v) is 3.31. The Labute approximate surface area is 141 Å². The summed E-state index contributed by atoms with van der Waals surface area (Å²) >= 11 is 0. The predicted octanol–water partition coefficient (Wildman–Crippen LogP) is 2.91. The fourth-order valence-electron chi connectivity index (χ4n) is 3.31. The second-order valence-corrected chi connectivity index (χ2v) is 5.84. The summed E-state index contributed by atoms with van der Waals surface area (Å²) in [7, 11) is 0. The quantitative estimate of drug-likeness (QED) is 0.849. The second kappa shape index (κ2) is 6.84. The van der Waals surface area contributed by atoms with E-state index in [1.807, 2.05) is 6.92 Å². The van der Waals surface area contributed by atoms with Gasteiger partial charge in [0, 0.05) is 22.6 Å². The van der Waals surface area contributed by atoms with Gasteiger partial charge in [-0.3, -0.25) is 4.79 Å². The van der Waals surface area contributed by atoms with Crippen LogP contribution in [0.5, 0.6) is 0 Å². The Morgan fingerprint density at radius 3 is 2.95 bits per heavy atom. The Morgan fingerprint density at radius 1 is 1.45 bits per heavy atom. The molecule has 0 saturated heterocycles. The number of nitrogens with two attached hydrogens (primary N) is 1. The van der Waals surface area contributed by atoms with Gasteiger partial charge in [0.15, 0.2) is 0 Å². The van der Waals surface area contributed by atoms with Crippen LogP contribution in [0.1, 0.15) is 30.2 Å². The maximum Gasteiger partial charge on any atom is 0.325 e. The Morgan fingerprint density at radius 2 is 2.23 bits per heavy atom. The van der Waals surface area contributed by atoms with Gasteiger partial charge in [0.1, 0.15) is 6.54 Å². The van der Waals surface area contributed by atoms with Gasteiger partial charge in [0.05, 0.1) is 6.61 Å². The average Bonchev–Trinajstić information content (AvgIpc) is 2.72. The van der Waals surface area contributed by atoms with Crippen LogP contribution in [0.3, 0.4) is 0 Å². The Bertz CT molecular complexity index is 694. The highest BCUT2D eigenvalue weighted by Crippen LogP contribution is 2.32. The van der Waals surface area contributed by atoms with Crippen LogP contribution in [-0.2, 0) is 28.9 Å². The summed E-state index contributed by atoms with van der Waals surface area (Å²) in [6.07, 6.45) is 2.81. The highest BCUT2D eigenvalue weighted by molar-refractivity contribution is 8.93. The summed E-state index contributed by atoms with van der Waals surface area (Å²) in [4.78, 5) is 11.9. The van der Waals surface area contributed by atoms with E-state index in [1.165, 1.54) is 22.2 Å². The number of ether oxygens (including phenoxy) is 1. The van der Waals surface area contributed by atoms with E-state index in [9.17, 15) is 4.79 Å². The van der Waals surface area contributed by atoms with Gasteiger partial charge in [-0.1, -0.05) is 11.6 Å². The van der Waals surface area contributed by atoms with E-state index >= 15 is 0 Å². The molecule has 1 aliphatic rings. The third kappa shape index (κ3) is 3.06. The Balaban J connectivity index is 0.00000176. The van der Waals surface area contributed by atoms with Crippen LogP contribution in [0.15, 0.2) is 18.2 Å². The first kappa shape index (κ1) is 17.0. The summed E-state index contributed by atoms with van der Waals surface area (Å²) in [5.41, 5.74) is 11.1. The molecule has 4 nitrogen and oxygen atoms in total. The molecule has 3 rings (SSSR count). The number of rotatable bonds is 3. The van der Waals surface area contributed by atoms with E-state index in [2.05, 4.69) is 29.7 Å². The number of hydrogen-bond donors (Lipinski definition) is 1. The van der Waals surface area contributed by atoms with Crippen molar-refractivity contribution in [1.82, 2.24) is 4.57 Å². The number of nitrogens with zero attached hydrogens (tertiary/aromatic N) is 1. The molecule has 0 amide bonds. The van der Waals surface area contributed by atoms with Crippen molar-refractivity contribution in [3.8, 4) is 0 Å². The second-order valence-electron chi connectivity index (χ2n) is 5.84. The van der Waals surface area contributed by atoms with Crippen molar-refractivity contribution in [2.75, 3.05) is 6.61 Å². The molecule has 0 spiro atoms. The number of fused-ring (bicyclic) bond motifs is 3. The first-order valence-corrected chi connectivity index (χ1v) is 7.62. The maximum absolute atomic E-state index is 11.9.